The molecule has 2 aromatic rings. The van der Waals surface area contributed by atoms with Crippen LogP contribution >= 0.6 is 23.4 Å². The van der Waals surface area contributed by atoms with Gasteiger partial charge in [0.25, 0.3) is 5.91 Å². The average molecular weight is 729 g/mol. The van der Waals surface area contributed by atoms with Crippen LogP contribution in [0.3, 0.4) is 0 Å². The maximum absolute atomic E-state index is 14.3. The number of carbonyl (C=O) groups excluding carboxylic acids is 1. The van der Waals surface area contributed by atoms with Crippen molar-refractivity contribution >= 4 is 40.8 Å². The molecule has 4 heterocycles. The van der Waals surface area contributed by atoms with Crippen molar-refractivity contribution in [2.24, 2.45) is 9.98 Å². The Bertz CT molecular complexity index is 1860. The van der Waals surface area contributed by atoms with Gasteiger partial charge < -0.3 is 14.9 Å². The molecule has 266 valence electrons. The fraction of sp³-hybridized carbons (Fsp3) is 0.390. The van der Waals surface area contributed by atoms with Crippen LogP contribution in [0.1, 0.15) is 75.5 Å². The number of fused-ring (bicyclic) bond motifs is 1. The fourth-order valence-corrected chi connectivity index (χ4v) is 9.11. The monoisotopic (exact) mass is 728 g/mol. The second kappa shape index (κ2) is 15.1. The maximum Gasteiger partial charge on any atom is 0.253 e. The molecular formula is C41H43ClF2N4O2S. The van der Waals surface area contributed by atoms with E-state index in [1.54, 1.807) is 35.9 Å². The quantitative estimate of drug-likeness (QED) is 0.265. The SMILES string of the molecule is C=CN(C(=O)C1=CCCC(O)(c2ccccc2)CC1)C1CC2=C(C3=NC(CCC(C)F)C=C3)[C@H](c3ccc(F)cc3Cl)N=C(C3CC=CS3)N2C1. The van der Waals surface area contributed by atoms with Gasteiger partial charge in [-0.3, -0.25) is 14.8 Å². The van der Waals surface area contributed by atoms with E-state index < -0.39 is 23.6 Å². The van der Waals surface area contributed by atoms with Crippen molar-refractivity contribution in [2.45, 2.75) is 93.4 Å². The second-order valence-electron chi connectivity index (χ2n) is 14.0. The number of hydrogen-bond acceptors (Lipinski definition) is 6. The van der Waals surface area contributed by atoms with E-state index in [-0.39, 0.29) is 28.3 Å². The van der Waals surface area contributed by atoms with E-state index in [4.69, 9.17) is 21.6 Å². The summed E-state index contributed by atoms with van der Waals surface area (Å²) in [6.07, 6.45) is 13.1. The van der Waals surface area contributed by atoms with Crippen molar-refractivity contribution in [3.63, 3.8) is 0 Å². The predicted octanol–water partition coefficient (Wildman–Crippen LogP) is 9.16. The molecule has 1 N–H and O–H groups in total. The van der Waals surface area contributed by atoms with Crippen LogP contribution in [0.5, 0.6) is 0 Å². The minimum absolute atomic E-state index is 0.0648. The Morgan fingerprint density at radius 3 is 2.78 bits per heavy atom. The summed E-state index contributed by atoms with van der Waals surface area (Å²) in [5.41, 5.74) is 3.84. The molecule has 5 unspecified atom stereocenters. The van der Waals surface area contributed by atoms with Gasteiger partial charge in [0.15, 0.2) is 0 Å². The zero-order valence-corrected chi connectivity index (χ0v) is 30.3. The first kappa shape index (κ1) is 35.6. The summed E-state index contributed by atoms with van der Waals surface area (Å²) >= 11 is 8.45. The fourth-order valence-electron chi connectivity index (χ4n) is 7.90. The number of allylic oxidation sites excluding steroid dienone is 3. The van der Waals surface area contributed by atoms with Crippen molar-refractivity contribution in [3.8, 4) is 0 Å². The number of amidine groups is 1. The molecule has 0 radical (unpaired) electrons. The van der Waals surface area contributed by atoms with E-state index in [1.165, 1.54) is 12.1 Å². The van der Waals surface area contributed by atoms with Gasteiger partial charge in [0.2, 0.25) is 0 Å². The molecule has 5 aliphatic rings. The van der Waals surface area contributed by atoms with E-state index in [0.29, 0.717) is 62.6 Å². The molecule has 0 bridgehead atoms. The number of thioether (sulfide) groups is 1. The third-order valence-corrected chi connectivity index (χ3v) is 12.0. The van der Waals surface area contributed by atoms with Gasteiger partial charge >= 0.3 is 0 Å². The number of alkyl halides is 1. The Kier molecular flexibility index (Phi) is 10.5. The van der Waals surface area contributed by atoms with Gasteiger partial charge in [-0.05, 0) is 81.0 Å². The van der Waals surface area contributed by atoms with Gasteiger partial charge in [-0.15, -0.1) is 11.8 Å². The Hall–Kier alpha value is -3.79. The van der Waals surface area contributed by atoms with Crippen molar-refractivity contribution < 1.29 is 18.7 Å². The molecule has 1 aliphatic carbocycles. The number of nitrogens with zero attached hydrogens (tertiary/aromatic N) is 4. The lowest BCUT2D eigenvalue weighted by atomic mass is 9.86. The van der Waals surface area contributed by atoms with Gasteiger partial charge in [-0.25, -0.2) is 8.78 Å². The number of aliphatic hydroxyl groups is 1. The molecule has 1 fully saturated rings. The molecule has 1 amide bonds. The standard InChI is InChI=1S/C41H43ClF2N4O2S/c1-3-47(40(49)27-9-7-20-41(50,21-19-27)28-10-5-4-6-11-28)31-24-35-37(34-18-16-30(45-34)15-13-26(2)43)38(32-17-14-29(44)23-33(32)42)46-39(48(35)25-31)36-12-8-22-51-36/h3-6,8-11,14,16-18,22-23,26,30-31,36,38,50H,1,7,12-13,15,19-21,24-25H2,2H3/t26?,30?,31?,36?,38-,41?/m0/s1. The lowest BCUT2D eigenvalue weighted by molar-refractivity contribution is -0.126. The lowest BCUT2D eigenvalue weighted by Crippen LogP contribution is -2.43. The average Bonchev–Trinajstić information content (AvgIpc) is 3.89. The van der Waals surface area contributed by atoms with Crippen LogP contribution in [0.15, 0.2) is 118 Å². The van der Waals surface area contributed by atoms with E-state index in [2.05, 4.69) is 23.0 Å². The molecule has 2 aromatic carbocycles. The first-order valence-corrected chi connectivity index (χ1v) is 19.1. The molecular weight excluding hydrogens is 686 g/mol. The van der Waals surface area contributed by atoms with Crippen molar-refractivity contribution in [3.05, 3.63) is 130 Å². The zero-order chi connectivity index (χ0) is 35.7. The molecule has 4 aliphatic heterocycles. The van der Waals surface area contributed by atoms with Gasteiger partial charge in [0.1, 0.15) is 17.7 Å². The van der Waals surface area contributed by atoms with Crippen molar-refractivity contribution in [2.75, 3.05) is 6.54 Å². The molecule has 0 aromatic heterocycles. The number of hydrogen-bond donors (Lipinski definition) is 1. The number of rotatable bonds is 10. The molecule has 7 rings (SSSR count). The van der Waals surface area contributed by atoms with Crippen LogP contribution in [0.25, 0.3) is 0 Å². The number of benzene rings is 2. The van der Waals surface area contributed by atoms with Crippen LogP contribution in [-0.4, -0.2) is 62.4 Å². The predicted molar refractivity (Wildman–Crippen MR) is 203 cm³/mol. The van der Waals surface area contributed by atoms with Crippen LogP contribution in [0.2, 0.25) is 5.02 Å². The lowest BCUT2D eigenvalue weighted by Gasteiger charge is -2.35. The van der Waals surface area contributed by atoms with Crippen LogP contribution in [-0.2, 0) is 10.4 Å². The summed E-state index contributed by atoms with van der Waals surface area (Å²) in [5.74, 6) is 0.353. The highest BCUT2D eigenvalue weighted by atomic mass is 35.5. The summed E-state index contributed by atoms with van der Waals surface area (Å²) < 4.78 is 28.1. The first-order valence-electron chi connectivity index (χ1n) is 17.8. The molecule has 6 nitrogen and oxygen atoms in total. The van der Waals surface area contributed by atoms with E-state index >= 15 is 0 Å². The Labute approximate surface area is 308 Å². The minimum atomic E-state index is -1.00. The number of halogens is 3. The van der Waals surface area contributed by atoms with Crippen molar-refractivity contribution in [1.29, 1.82) is 0 Å². The summed E-state index contributed by atoms with van der Waals surface area (Å²) in [4.78, 5) is 28.8. The van der Waals surface area contributed by atoms with Crippen LogP contribution in [0, 0.1) is 5.82 Å². The number of amides is 1. The molecule has 6 atom stereocenters. The molecule has 0 spiro atoms. The van der Waals surface area contributed by atoms with E-state index in [0.717, 1.165) is 34.8 Å². The third kappa shape index (κ3) is 7.30. The summed E-state index contributed by atoms with van der Waals surface area (Å²) in [7, 11) is 0. The maximum atomic E-state index is 14.3. The number of aliphatic imine (C=N–C) groups is 2. The molecule has 0 saturated carbocycles. The van der Waals surface area contributed by atoms with E-state index in [1.807, 2.05) is 48.6 Å². The molecule has 51 heavy (non-hydrogen) atoms. The van der Waals surface area contributed by atoms with Gasteiger partial charge in [0.05, 0.1) is 34.8 Å². The first-order chi connectivity index (χ1) is 24.6. The Balaban J connectivity index is 1.24. The Morgan fingerprint density at radius 2 is 2.06 bits per heavy atom. The van der Waals surface area contributed by atoms with Gasteiger partial charge in [0, 0.05) is 46.6 Å². The summed E-state index contributed by atoms with van der Waals surface area (Å²) in [6, 6.07) is 13.1. The third-order valence-electron chi connectivity index (χ3n) is 10.6. The smallest absolute Gasteiger partial charge is 0.253 e. The summed E-state index contributed by atoms with van der Waals surface area (Å²) in [5, 5.41) is 14.0. The largest absolute Gasteiger partial charge is 0.385 e. The van der Waals surface area contributed by atoms with Crippen molar-refractivity contribution in [1.82, 2.24) is 9.80 Å². The highest BCUT2D eigenvalue weighted by Crippen LogP contribution is 2.46. The second-order valence-corrected chi connectivity index (χ2v) is 15.5. The topological polar surface area (TPSA) is 68.5 Å². The zero-order valence-electron chi connectivity index (χ0n) is 28.7. The van der Waals surface area contributed by atoms with Crippen LogP contribution < -0.4 is 0 Å². The minimum Gasteiger partial charge on any atom is -0.385 e. The van der Waals surface area contributed by atoms with E-state index in [9.17, 15) is 18.7 Å². The summed E-state index contributed by atoms with van der Waals surface area (Å²) in [6.45, 7) is 6.16. The van der Waals surface area contributed by atoms with Gasteiger partial charge in [-0.1, -0.05) is 72.8 Å². The molecule has 10 heteroatoms. The highest BCUT2D eigenvalue weighted by Gasteiger charge is 2.45. The Morgan fingerprint density at radius 1 is 1.24 bits per heavy atom. The van der Waals surface area contributed by atoms with Crippen LogP contribution in [0.4, 0.5) is 8.78 Å². The number of carbonyl (C=O) groups is 1. The van der Waals surface area contributed by atoms with Gasteiger partial charge in [-0.2, -0.15) is 0 Å². The molecule has 1 saturated heterocycles. The highest BCUT2D eigenvalue weighted by molar-refractivity contribution is 8.03. The normalized spacial score (nSPS) is 27.9.